The van der Waals surface area contributed by atoms with E-state index < -0.39 is 0 Å². The van der Waals surface area contributed by atoms with Crippen molar-refractivity contribution >= 4 is 29.5 Å². The Labute approximate surface area is 168 Å². The lowest BCUT2D eigenvalue weighted by atomic mass is 9.99. The molecule has 1 aliphatic carbocycles. The maximum Gasteiger partial charge on any atom is 0.310 e. The van der Waals surface area contributed by atoms with Gasteiger partial charge < -0.3 is 9.30 Å². The van der Waals surface area contributed by atoms with Crippen LogP contribution >= 0.6 is 23.6 Å². The van der Waals surface area contributed by atoms with E-state index in [1.165, 1.54) is 17.7 Å². The Kier molecular flexibility index (Phi) is 5.75. The van der Waals surface area contributed by atoms with Crippen molar-refractivity contribution in [2.45, 2.75) is 51.7 Å². The van der Waals surface area contributed by atoms with Crippen molar-refractivity contribution in [2.24, 2.45) is 5.92 Å². The van der Waals surface area contributed by atoms with Crippen molar-refractivity contribution < 1.29 is 9.53 Å². The SMILES string of the molecule is CCOC(=O)[C@@H]1CCCN(Cn2nc(Cc3cccs3)n(C3CC3)c2=S)C1. The topological polar surface area (TPSA) is 52.3 Å². The highest BCUT2D eigenvalue weighted by Crippen LogP contribution is 2.36. The highest BCUT2D eigenvalue weighted by atomic mass is 32.1. The Bertz CT molecular complexity index is 839. The Morgan fingerprint density at radius 3 is 2.96 bits per heavy atom. The molecule has 146 valence electrons. The maximum atomic E-state index is 12.1. The number of nitrogens with zero attached hydrogens (tertiary/aromatic N) is 4. The lowest BCUT2D eigenvalue weighted by Gasteiger charge is -2.31. The highest BCUT2D eigenvalue weighted by molar-refractivity contribution is 7.71. The zero-order valence-electron chi connectivity index (χ0n) is 15.7. The summed E-state index contributed by atoms with van der Waals surface area (Å²) in [6, 6.07) is 4.74. The fourth-order valence-corrected chi connectivity index (χ4v) is 4.83. The second-order valence-corrected chi connectivity index (χ2v) is 8.76. The number of ether oxygens (including phenoxy) is 1. The first-order valence-electron chi connectivity index (χ1n) is 9.75. The summed E-state index contributed by atoms with van der Waals surface area (Å²) < 4.78 is 10.2. The fourth-order valence-electron chi connectivity index (χ4n) is 3.77. The van der Waals surface area contributed by atoms with Crippen LogP contribution in [0.3, 0.4) is 0 Å². The van der Waals surface area contributed by atoms with Crippen molar-refractivity contribution in [1.29, 1.82) is 0 Å². The molecule has 1 saturated heterocycles. The van der Waals surface area contributed by atoms with Gasteiger partial charge in [0.05, 0.1) is 19.2 Å². The van der Waals surface area contributed by atoms with Gasteiger partial charge in [0.1, 0.15) is 5.82 Å². The first-order valence-corrected chi connectivity index (χ1v) is 11.0. The summed E-state index contributed by atoms with van der Waals surface area (Å²) in [6.45, 7) is 4.63. The van der Waals surface area contributed by atoms with E-state index in [0.29, 0.717) is 19.3 Å². The summed E-state index contributed by atoms with van der Waals surface area (Å²) >= 11 is 7.52. The summed E-state index contributed by atoms with van der Waals surface area (Å²) in [7, 11) is 0. The number of rotatable bonds is 7. The van der Waals surface area contributed by atoms with E-state index in [4.69, 9.17) is 22.1 Å². The molecular formula is C19H26N4O2S2. The van der Waals surface area contributed by atoms with Crippen LogP contribution in [0.2, 0.25) is 0 Å². The summed E-state index contributed by atoms with van der Waals surface area (Å²) in [4.78, 5) is 15.7. The minimum atomic E-state index is -0.0762. The summed E-state index contributed by atoms with van der Waals surface area (Å²) in [6.07, 6.45) is 5.11. The first kappa shape index (κ1) is 18.8. The average Bonchev–Trinajstić information content (AvgIpc) is 3.27. The van der Waals surface area contributed by atoms with E-state index in [0.717, 1.165) is 42.9 Å². The smallest absolute Gasteiger partial charge is 0.310 e. The Morgan fingerprint density at radius 2 is 2.26 bits per heavy atom. The van der Waals surface area contributed by atoms with Crippen molar-refractivity contribution in [3.63, 3.8) is 0 Å². The van der Waals surface area contributed by atoms with Crippen LogP contribution in [0.5, 0.6) is 0 Å². The molecule has 0 N–H and O–H groups in total. The molecule has 1 atom stereocenters. The maximum absolute atomic E-state index is 12.1. The minimum Gasteiger partial charge on any atom is -0.466 e. The van der Waals surface area contributed by atoms with Crippen molar-refractivity contribution in [2.75, 3.05) is 19.7 Å². The van der Waals surface area contributed by atoms with E-state index in [1.807, 2.05) is 11.6 Å². The Morgan fingerprint density at radius 1 is 1.41 bits per heavy atom. The third-order valence-corrected chi connectivity index (χ3v) is 6.51. The third-order valence-electron chi connectivity index (χ3n) is 5.22. The van der Waals surface area contributed by atoms with Gasteiger partial charge in [0.15, 0.2) is 4.77 Å². The van der Waals surface area contributed by atoms with Gasteiger partial charge in [0.2, 0.25) is 0 Å². The van der Waals surface area contributed by atoms with Crippen LogP contribution in [0.4, 0.5) is 0 Å². The standard InChI is InChI=1S/C19H26N4O2S2/c1-2-25-18(24)14-5-3-9-21(12-14)13-22-19(26)23(15-7-8-15)17(20-22)11-16-6-4-10-27-16/h4,6,10,14-15H,2-3,5,7-9,11-13H2,1H3/t14-/m1/s1. The number of thiophene rings is 1. The number of esters is 1. The van der Waals surface area contributed by atoms with Crippen LogP contribution in [0, 0.1) is 10.7 Å². The molecule has 2 aromatic heterocycles. The molecule has 1 saturated carbocycles. The molecule has 6 nitrogen and oxygen atoms in total. The molecule has 2 aromatic rings. The predicted molar refractivity (Wildman–Crippen MR) is 107 cm³/mol. The lowest BCUT2D eigenvalue weighted by molar-refractivity contribution is -0.150. The number of aromatic nitrogens is 3. The van der Waals surface area contributed by atoms with Gasteiger partial charge in [0, 0.05) is 23.9 Å². The quantitative estimate of drug-likeness (QED) is 0.519. The van der Waals surface area contributed by atoms with Crippen LogP contribution in [0.25, 0.3) is 0 Å². The molecule has 4 rings (SSSR count). The summed E-state index contributed by atoms with van der Waals surface area (Å²) in [5, 5.41) is 6.97. The monoisotopic (exact) mass is 406 g/mol. The molecular weight excluding hydrogens is 380 g/mol. The Balaban J connectivity index is 1.50. The number of likely N-dealkylation sites (tertiary alicyclic amines) is 1. The molecule has 0 radical (unpaired) electrons. The molecule has 27 heavy (non-hydrogen) atoms. The van der Waals surface area contributed by atoms with Crippen LogP contribution in [0.15, 0.2) is 17.5 Å². The van der Waals surface area contributed by atoms with Crippen LogP contribution < -0.4 is 0 Å². The van der Waals surface area contributed by atoms with Gasteiger partial charge in [0.25, 0.3) is 0 Å². The van der Waals surface area contributed by atoms with Gasteiger partial charge in [-0.2, -0.15) is 5.10 Å². The first-order chi connectivity index (χ1) is 13.2. The molecule has 8 heteroatoms. The van der Waals surface area contributed by atoms with Crippen molar-refractivity contribution in [3.8, 4) is 0 Å². The molecule has 0 unspecified atom stereocenters. The van der Waals surface area contributed by atoms with Crippen LogP contribution in [-0.2, 0) is 22.6 Å². The van der Waals surface area contributed by atoms with Crippen molar-refractivity contribution in [1.82, 2.24) is 19.2 Å². The van der Waals surface area contributed by atoms with Gasteiger partial charge in [-0.25, -0.2) is 4.68 Å². The molecule has 0 bridgehead atoms. The number of carbonyl (C=O) groups excluding carboxylic acids is 1. The molecule has 0 aromatic carbocycles. The average molecular weight is 407 g/mol. The highest BCUT2D eigenvalue weighted by Gasteiger charge is 2.30. The number of piperidine rings is 1. The molecule has 3 heterocycles. The molecule has 0 amide bonds. The molecule has 2 fully saturated rings. The van der Waals surface area contributed by atoms with E-state index >= 15 is 0 Å². The second-order valence-electron chi connectivity index (χ2n) is 7.37. The second kappa shape index (κ2) is 8.24. The largest absolute Gasteiger partial charge is 0.466 e. The van der Waals surface area contributed by atoms with E-state index in [2.05, 4.69) is 27.0 Å². The van der Waals surface area contributed by atoms with E-state index in [1.54, 1.807) is 11.3 Å². The minimum absolute atomic E-state index is 0.0380. The number of hydrogen-bond acceptors (Lipinski definition) is 6. The fraction of sp³-hybridized carbons (Fsp3) is 0.632. The van der Waals surface area contributed by atoms with Gasteiger partial charge in [-0.1, -0.05) is 6.07 Å². The van der Waals surface area contributed by atoms with E-state index in [-0.39, 0.29) is 11.9 Å². The van der Waals surface area contributed by atoms with Gasteiger partial charge >= 0.3 is 5.97 Å². The van der Waals surface area contributed by atoms with Gasteiger partial charge in [-0.15, -0.1) is 11.3 Å². The molecule has 0 spiro atoms. The zero-order valence-corrected chi connectivity index (χ0v) is 17.3. The number of carbonyl (C=O) groups is 1. The summed E-state index contributed by atoms with van der Waals surface area (Å²) in [5.41, 5.74) is 0. The van der Waals surface area contributed by atoms with Crippen LogP contribution in [0.1, 0.15) is 49.4 Å². The molecule has 2 aliphatic rings. The Hall–Kier alpha value is -1.51. The zero-order chi connectivity index (χ0) is 18.8. The predicted octanol–water partition coefficient (Wildman–Crippen LogP) is 3.63. The van der Waals surface area contributed by atoms with Gasteiger partial charge in [-0.3, -0.25) is 9.69 Å². The lowest BCUT2D eigenvalue weighted by Crippen LogP contribution is -2.40. The molecule has 1 aliphatic heterocycles. The van der Waals surface area contributed by atoms with Crippen molar-refractivity contribution in [3.05, 3.63) is 33.0 Å². The number of hydrogen-bond donors (Lipinski definition) is 0. The van der Waals surface area contributed by atoms with E-state index in [9.17, 15) is 4.79 Å². The van der Waals surface area contributed by atoms with Gasteiger partial charge in [-0.05, 0) is 62.8 Å². The summed E-state index contributed by atoms with van der Waals surface area (Å²) in [5.74, 6) is 0.945. The normalized spacial score (nSPS) is 20.7. The third kappa shape index (κ3) is 4.33. The van der Waals surface area contributed by atoms with Crippen LogP contribution in [-0.4, -0.2) is 44.9 Å².